The Labute approximate surface area is 232 Å². The average Bonchev–Trinajstić information content (AvgIpc) is 3.57. The number of hydrogen-bond acceptors (Lipinski definition) is 6. The molecule has 38 heavy (non-hydrogen) atoms. The lowest BCUT2D eigenvalue weighted by atomic mass is 10.1. The number of para-hydroxylation sites is 1. The van der Waals surface area contributed by atoms with Gasteiger partial charge in [-0.3, -0.25) is 4.79 Å². The van der Waals surface area contributed by atoms with Crippen LogP contribution in [0.4, 0.5) is 0 Å². The zero-order valence-corrected chi connectivity index (χ0v) is 23.5. The van der Waals surface area contributed by atoms with E-state index < -0.39 is 9.84 Å². The molecule has 0 saturated carbocycles. The lowest BCUT2D eigenvalue weighted by molar-refractivity contribution is 0.0941. The molecule has 0 aliphatic carbocycles. The first-order valence-electron chi connectivity index (χ1n) is 12.6. The van der Waals surface area contributed by atoms with E-state index in [1.54, 1.807) is 35.0 Å². The van der Waals surface area contributed by atoms with Crippen molar-refractivity contribution < 1.29 is 13.2 Å². The highest BCUT2D eigenvalue weighted by atomic mass is 35.5. The summed E-state index contributed by atoms with van der Waals surface area (Å²) in [6, 6.07) is 20.0. The SMILES string of the molecule is CS(=O)(=O)c1cccc(-c2ccc(-c3cc(C(=O)NCCN4CCCCC4)nn3-c3ccccc3Cl)s2)c1. The minimum absolute atomic E-state index is 0.230. The summed E-state index contributed by atoms with van der Waals surface area (Å²) < 4.78 is 25.8. The summed E-state index contributed by atoms with van der Waals surface area (Å²) in [5.74, 6) is -0.230. The topological polar surface area (TPSA) is 84.3 Å². The number of sulfone groups is 1. The fourth-order valence-electron chi connectivity index (χ4n) is 4.59. The number of piperidine rings is 1. The normalized spacial score (nSPS) is 14.5. The third kappa shape index (κ3) is 6.02. The second kappa shape index (κ2) is 11.4. The molecule has 1 saturated heterocycles. The van der Waals surface area contributed by atoms with Crippen LogP contribution in [0.2, 0.25) is 5.02 Å². The van der Waals surface area contributed by atoms with Gasteiger partial charge in [0.2, 0.25) is 0 Å². The zero-order valence-electron chi connectivity index (χ0n) is 21.1. The molecule has 0 spiro atoms. The quantitative estimate of drug-likeness (QED) is 0.302. The molecular formula is C28H29ClN4O3S2. The number of hydrogen-bond donors (Lipinski definition) is 1. The van der Waals surface area contributed by atoms with Gasteiger partial charge in [0.05, 0.1) is 26.2 Å². The molecule has 2 aromatic carbocycles. The third-order valence-corrected chi connectivity index (χ3v) is 9.18. The fourth-order valence-corrected chi connectivity index (χ4v) is 6.47. The smallest absolute Gasteiger partial charge is 0.271 e. The Kier molecular flexibility index (Phi) is 7.99. The van der Waals surface area contributed by atoms with Crippen LogP contribution in [0.1, 0.15) is 29.8 Å². The van der Waals surface area contributed by atoms with E-state index in [0.29, 0.717) is 22.9 Å². The molecule has 0 unspecified atom stereocenters. The van der Waals surface area contributed by atoms with Gasteiger partial charge in [-0.05, 0) is 74.0 Å². The minimum Gasteiger partial charge on any atom is -0.349 e. The zero-order chi connectivity index (χ0) is 26.7. The summed E-state index contributed by atoms with van der Waals surface area (Å²) in [4.78, 5) is 17.5. The van der Waals surface area contributed by atoms with Gasteiger partial charge in [0, 0.05) is 24.2 Å². The molecule has 7 nitrogen and oxygen atoms in total. The molecule has 0 atom stereocenters. The van der Waals surface area contributed by atoms with Crippen molar-refractivity contribution in [1.82, 2.24) is 20.0 Å². The van der Waals surface area contributed by atoms with Crippen molar-refractivity contribution in [2.24, 2.45) is 0 Å². The monoisotopic (exact) mass is 568 g/mol. The Morgan fingerprint density at radius 2 is 1.76 bits per heavy atom. The van der Waals surface area contributed by atoms with Crippen molar-refractivity contribution in [3.63, 3.8) is 0 Å². The molecule has 4 aromatic rings. The van der Waals surface area contributed by atoms with Crippen molar-refractivity contribution in [2.45, 2.75) is 24.2 Å². The molecule has 198 valence electrons. The van der Waals surface area contributed by atoms with Gasteiger partial charge in [-0.1, -0.05) is 42.3 Å². The largest absolute Gasteiger partial charge is 0.349 e. The molecule has 1 aliphatic heterocycles. The van der Waals surface area contributed by atoms with Crippen molar-refractivity contribution >= 4 is 38.7 Å². The number of nitrogens with one attached hydrogen (secondary N) is 1. The molecule has 5 rings (SSSR count). The van der Waals surface area contributed by atoms with Gasteiger partial charge in [0.25, 0.3) is 5.91 Å². The number of carbonyl (C=O) groups is 1. The summed E-state index contributed by atoms with van der Waals surface area (Å²) >= 11 is 8.02. The van der Waals surface area contributed by atoms with Crippen LogP contribution >= 0.6 is 22.9 Å². The molecule has 10 heteroatoms. The molecular weight excluding hydrogens is 540 g/mol. The summed E-state index contributed by atoms with van der Waals surface area (Å²) in [6.07, 6.45) is 4.90. The second-order valence-electron chi connectivity index (χ2n) is 9.40. The van der Waals surface area contributed by atoms with Gasteiger partial charge in [-0.25, -0.2) is 13.1 Å². The van der Waals surface area contributed by atoms with Crippen LogP contribution in [-0.2, 0) is 9.84 Å². The molecule has 1 N–H and O–H groups in total. The maximum atomic E-state index is 13.1. The standard InChI is InChI=1S/C28H29ClN4O3S2/c1-38(35,36)21-9-7-8-20(18-21)26-12-13-27(37-26)25-19-23(31-33(25)24-11-4-3-10-22(24)29)28(34)30-14-17-32-15-5-2-6-16-32/h3-4,7-13,18-19H,2,5-6,14-17H2,1H3,(H,30,34). The Hall–Kier alpha value is -2.98. The number of aromatic nitrogens is 2. The highest BCUT2D eigenvalue weighted by Gasteiger charge is 2.20. The van der Waals surface area contributed by atoms with Crippen molar-refractivity contribution in [3.05, 3.63) is 77.4 Å². The van der Waals surface area contributed by atoms with Gasteiger partial charge in [-0.15, -0.1) is 11.3 Å². The van der Waals surface area contributed by atoms with Crippen LogP contribution in [0.5, 0.6) is 0 Å². The first-order chi connectivity index (χ1) is 18.3. The van der Waals surface area contributed by atoms with Crippen LogP contribution in [0, 0.1) is 0 Å². The van der Waals surface area contributed by atoms with Gasteiger partial charge in [0.1, 0.15) is 0 Å². The van der Waals surface area contributed by atoms with Crippen molar-refractivity contribution in [3.8, 4) is 26.7 Å². The first kappa shape index (κ1) is 26.6. The van der Waals surface area contributed by atoms with Crippen LogP contribution in [0.15, 0.2) is 71.6 Å². The summed E-state index contributed by atoms with van der Waals surface area (Å²) in [6.45, 7) is 3.54. The number of nitrogens with zero attached hydrogens (tertiary/aromatic N) is 3. The van der Waals surface area contributed by atoms with Gasteiger partial charge in [0.15, 0.2) is 15.5 Å². The van der Waals surface area contributed by atoms with E-state index in [1.165, 1.54) is 36.9 Å². The Balaban J connectivity index is 1.44. The van der Waals surface area contributed by atoms with E-state index in [1.807, 2.05) is 36.4 Å². The van der Waals surface area contributed by atoms with E-state index in [-0.39, 0.29) is 10.8 Å². The van der Waals surface area contributed by atoms with Gasteiger partial charge in [-0.2, -0.15) is 5.10 Å². The van der Waals surface area contributed by atoms with Crippen molar-refractivity contribution in [1.29, 1.82) is 0 Å². The molecule has 0 radical (unpaired) electrons. The maximum absolute atomic E-state index is 13.1. The molecule has 1 aliphatic rings. The number of carbonyl (C=O) groups excluding carboxylic acids is 1. The number of halogens is 1. The van der Waals surface area contributed by atoms with E-state index in [4.69, 9.17) is 11.6 Å². The number of thiophene rings is 1. The Morgan fingerprint density at radius 3 is 2.53 bits per heavy atom. The molecule has 1 fully saturated rings. The fraction of sp³-hybridized carbons (Fsp3) is 0.286. The molecule has 0 bridgehead atoms. The number of rotatable bonds is 8. The van der Waals surface area contributed by atoms with E-state index >= 15 is 0 Å². The summed E-state index contributed by atoms with van der Waals surface area (Å²) in [5.41, 5.74) is 2.52. The van der Waals surface area contributed by atoms with Gasteiger partial charge < -0.3 is 10.2 Å². The van der Waals surface area contributed by atoms with Gasteiger partial charge >= 0.3 is 0 Å². The summed E-state index contributed by atoms with van der Waals surface area (Å²) in [7, 11) is -3.32. The molecule has 1 amide bonds. The lowest BCUT2D eigenvalue weighted by Crippen LogP contribution is -2.37. The summed E-state index contributed by atoms with van der Waals surface area (Å²) in [5, 5.41) is 8.18. The van der Waals surface area contributed by atoms with E-state index in [0.717, 1.165) is 40.6 Å². The maximum Gasteiger partial charge on any atom is 0.271 e. The van der Waals surface area contributed by atoms with Crippen LogP contribution in [0.25, 0.3) is 26.7 Å². The van der Waals surface area contributed by atoms with Crippen molar-refractivity contribution in [2.75, 3.05) is 32.4 Å². The molecule has 2 aromatic heterocycles. The second-order valence-corrected chi connectivity index (χ2v) is 12.9. The van der Waals surface area contributed by atoms with E-state index in [2.05, 4.69) is 15.3 Å². The highest BCUT2D eigenvalue weighted by molar-refractivity contribution is 7.90. The van der Waals surface area contributed by atoms with Crippen LogP contribution < -0.4 is 5.32 Å². The number of amides is 1. The van der Waals surface area contributed by atoms with E-state index in [9.17, 15) is 13.2 Å². The number of likely N-dealkylation sites (tertiary alicyclic amines) is 1. The molecule has 3 heterocycles. The number of benzene rings is 2. The van der Waals surface area contributed by atoms with Crippen LogP contribution in [-0.4, -0.2) is 61.4 Å². The Bertz CT molecular complexity index is 1560. The minimum atomic E-state index is -3.32. The third-order valence-electron chi connectivity index (χ3n) is 6.59. The first-order valence-corrected chi connectivity index (χ1v) is 15.6. The highest BCUT2D eigenvalue weighted by Crippen LogP contribution is 2.37. The average molecular weight is 569 g/mol. The van der Waals surface area contributed by atoms with Crippen LogP contribution in [0.3, 0.4) is 0 Å². The predicted octanol–water partition coefficient (Wildman–Crippen LogP) is 5.54. The predicted molar refractivity (Wildman–Crippen MR) is 153 cm³/mol. The Morgan fingerprint density at radius 1 is 1.00 bits per heavy atom. The lowest BCUT2D eigenvalue weighted by Gasteiger charge is -2.26.